The van der Waals surface area contributed by atoms with Crippen LogP contribution in [-0.4, -0.2) is 9.55 Å². The molecule has 2 rings (SSSR count). The first kappa shape index (κ1) is 14.2. The normalized spacial score (nSPS) is 10.7. The van der Waals surface area contributed by atoms with Crippen LogP contribution < -0.4 is 5.73 Å². The quantitative estimate of drug-likeness (QED) is 0.843. The van der Waals surface area contributed by atoms with Gasteiger partial charge in [0.1, 0.15) is 17.3 Å². The number of allylic oxidation sites excluding steroid dienone is 1. The van der Waals surface area contributed by atoms with Crippen molar-refractivity contribution in [1.82, 2.24) is 9.55 Å². The van der Waals surface area contributed by atoms with Crippen molar-refractivity contribution in [1.29, 1.82) is 0 Å². The van der Waals surface area contributed by atoms with Gasteiger partial charge in [-0.3, -0.25) is 0 Å². The predicted octanol–water partition coefficient (Wildman–Crippen LogP) is 4.30. The molecule has 0 radical (unpaired) electrons. The van der Waals surface area contributed by atoms with E-state index in [9.17, 15) is 0 Å². The molecule has 1 heterocycles. The minimum atomic E-state index is 0.653. The van der Waals surface area contributed by atoms with Crippen molar-refractivity contribution in [3.8, 4) is 11.3 Å². The number of halogens is 2. The lowest BCUT2D eigenvalue weighted by Gasteiger charge is -2.06. The van der Waals surface area contributed by atoms with Gasteiger partial charge in [0.15, 0.2) is 0 Å². The van der Waals surface area contributed by atoms with Gasteiger partial charge >= 0.3 is 0 Å². The van der Waals surface area contributed by atoms with Gasteiger partial charge in [0.25, 0.3) is 0 Å². The highest BCUT2D eigenvalue weighted by molar-refractivity contribution is 9.10. The molecule has 0 saturated carbocycles. The Morgan fingerprint density at radius 3 is 2.84 bits per heavy atom. The van der Waals surface area contributed by atoms with Gasteiger partial charge in [-0.1, -0.05) is 46.6 Å². The summed E-state index contributed by atoms with van der Waals surface area (Å²) >= 11 is 9.46. The van der Waals surface area contributed by atoms with Crippen LogP contribution in [-0.2, 0) is 13.0 Å². The lowest BCUT2D eigenvalue weighted by Crippen LogP contribution is -2.05. The van der Waals surface area contributed by atoms with Gasteiger partial charge in [-0.05, 0) is 12.1 Å². The Labute approximate surface area is 126 Å². The van der Waals surface area contributed by atoms with E-state index < -0.39 is 0 Å². The van der Waals surface area contributed by atoms with Crippen molar-refractivity contribution < 1.29 is 0 Å². The lowest BCUT2D eigenvalue weighted by atomic mass is 10.1. The second-order valence-corrected chi connectivity index (χ2v) is 5.43. The molecule has 5 heteroatoms. The zero-order chi connectivity index (χ0) is 14.0. The summed E-state index contributed by atoms with van der Waals surface area (Å²) in [7, 11) is 0. The minimum absolute atomic E-state index is 0.653. The summed E-state index contributed by atoms with van der Waals surface area (Å²) in [5.74, 6) is 1.61. The Balaban J connectivity index is 2.59. The second kappa shape index (κ2) is 5.80. The zero-order valence-electron chi connectivity index (χ0n) is 10.7. The predicted molar refractivity (Wildman–Crippen MR) is 84.4 cm³/mol. The number of nitrogens with two attached hydrogens (primary N) is 1. The smallest absolute Gasteiger partial charge is 0.132 e. The van der Waals surface area contributed by atoms with Gasteiger partial charge < -0.3 is 10.3 Å². The van der Waals surface area contributed by atoms with E-state index in [1.54, 1.807) is 0 Å². The maximum absolute atomic E-state index is 6.20. The molecule has 0 aliphatic carbocycles. The van der Waals surface area contributed by atoms with Crippen LogP contribution in [0.5, 0.6) is 0 Å². The minimum Gasteiger partial charge on any atom is -0.383 e. The van der Waals surface area contributed by atoms with E-state index in [2.05, 4.69) is 34.4 Å². The van der Waals surface area contributed by atoms with Gasteiger partial charge in [-0.25, -0.2) is 4.98 Å². The maximum atomic E-state index is 6.20. The lowest BCUT2D eigenvalue weighted by molar-refractivity contribution is 0.757. The van der Waals surface area contributed by atoms with Crippen LogP contribution in [0.3, 0.4) is 0 Å². The highest BCUT2D eigenvalue weighted by atomic mass is 79.9. The first-order valence-corrected chi connectivity index (χ1v) is 7.16. The number of rotatable bonds is 4. The van der Waals surface area contributed by atoms with Crippen molar-refractivity contribution >= 4 is 33.3 Å². The molecule has 0 unspecified atom stereocenters. The van der Waals surface area contributed by atoms with Gasteiger partial charge in [-0.15, -0.1) is 6.58 Å². The number of imidazole rings is 1. The van der Waals surface area contributed by atoms with Crippen molar-refractivity contribution in [2.75, 3.05) is 5.73 Å². The van der Waals surface area contributed by atoms with Gasteiger partial charge in [-0.2, -0.15) is 0 Å². The number of nitrogen functional groups attached to an aromatic ring is 1. The van der Waals surface area contributed by atoms with E-state index in [-0.39, 0.29) is 0 Å². The number of nitrogens with zero attached hydrogens (tertiary/aromatic N) is 2. The summed E-state index contributed by atoms with van der Waals surface area (Å²) in [4.78, 5) is 4.62. The van der Waals surface area contributed by atoms with Crippen LogP contribution in [0.25, 0.3) is 11.3 Å². The SMILES string of the molecule is C=CCn1c(CC)nc(-c2ccc(Cl)cc2Br)c1N. The number of aryl methyl sites for hydroxylation is 1. The summed E-state index contributed by atoms with van der Waals surface area (Å²) in [6.07, 6.45) is 2.64. The van der Waals surface area contributed by atoms with Crippen LogP contribution in [0.15, 0.2) is 35.3 Å². The van der Waals surface area contributed by atoms with Gasteiger partial charge in [0.2, 0.25) is 0 Å². The van der Waals surface area contributed by atoms with Crippen molar-refractivity contribution in [2.45, 2.75) is 19.9 Å². The Hall–Kier alpha value is -1.26. The number of hydrogen-bond donors (Lipinski definition) is 1. The largest absolute Gasteiger partial charge is 0.383 e. The average Bonchev–Trinajstić information content (AvgIpc) is 2.68. The third-order valence-electron chi connectivity index (χ3n) is 2.90. The average molecular weight is 341 g/mol. The molecule has 0 spiro atoms. The second-order valence-electron chi connectivity index (χ2n) is 4.14. The molecule has 19 heavy (non-hydrogen) atoms. The molecule has 1 aromatic carbocycles. The van der Waals surface area contributed by atoms with E-state index in [1.807, 2.05) is 28.8 Å². The molecule has 1 aromatic heterocycles. The van der Waals surface area contributed by atoms with Crippen molar-refractivity contribution in [3.05, 3.63) is 46.2 Å². The van der Waals surface area contributed by atoms with Crippen LogP contribution in [0.2, 0.25) is 5.02 Å². The van der Waals surface area contributed by atoms with Crippen LogP contribution in [0.4, 0.5) is 5.82 Å². The fourth-order valence-electron chi connectivity index (χ4n) is 2.00. The molecule has 100 valence electrons. The molecule has 0 saturated heterocycles. The molecule has 0 bridgehead atoms. The van der Waals surface area contributed by atoms with Gasteiger partial charge in [0.05, 0.1) is 0 Å². The summed E-state index contributed by atoms with van der Waals surface area (Å²) in [5, 5.41) is 0.676. The number of benzene rings is 1. The van der Waals surface area contributed by atoms with E-state index >= 15 is 0 Å². The standard InChI is InChI=1S/C14H15BrClN3/c1-3-7-19-12(4-2)18-13(14(19)17)10-6-5-9(16)8-11(10)15/h3,5-6,8H,1,4,7,17H2,2H3. The van der Waals surface area contributed by atoms with Crippen LogP contribution in [0.1, 0.15) is 12.7 Å². The Kier molecular flexibility index (Phi) is 4.32. The molecule has 0 fully saturated rings. The van der Waals surface area contributed by atoms with E-state index in [4.69, 9.17) is 17.3 Å². The zero-order valence-corrected chi connectivity index (χ0v) is 13.0. The number of hydrogen-bond acceptors (Lipinski definition) is 2. The summed E-state index contributed by atoms with van der Waals surface area (Å²) in [5.41, 5.74) is 7.93. The Bertz CT molecular complexity index is 619. The van der Waals surface area contributed by atoms with E-state index in [0.717, 1.165) is 28.0 Å². The topological polar surface area (TPSA) is 43.8 Å². The van der Waals surface area contributed by atoms with E-state index in [0.29, 0.717) is 17.4 Å². The highest BCUT2D eigenvalue weighted by Crippen LogP contribution is 2.34. The third-order valence-corrected chi connectivity index (χ3v) is 3.79. The molecule has 3 nitrogen and oxygen atoms in total. The monoisotopic (exact) mass is 339 g/mol. The number of aromatic nitrogens is 2. The molecular formula is C14H15BrClN3. The fraction of sp³-hybridized carbons (Fsp3) is 0.214. The van der Waals surface area contributed by atoms with Crippen molar-refractivity contribution in [2.24, 2.45) is 0 Å². The van der Waals surface area contributed by atoms with E-state index in [1.165, 1.54) is 0 Å². The number of anilines is 1. The molecule has 2 N–H and O–H groups in total. The van der Waals surface area contributed by atoms with Gasteiger partial charge in [0, 0.05) is 28.0 Å². The maximum Gasteiger partial charge on any atom is 0.132 e. The highest BCUT2D eigenvalue weighted by Gasteiger charge is 2.16. The third kappa shape index (κ3) is 2.69. The fourth-order valence-corrected chi connectivity index (χ4v) is 2.87. The molecule has 0 amide bonds. The molecule has 0 aliphatic heterocycles. The van der Waals surface area contributed by atoms with Crippen LogP contribution >= 0.6 is 27.5 Å². The summed E-state index contributed by atoms with van der Waals surface area (Å²) < 4.78 is 2.86. The summed E-state index contributed by atoms with van der Waals surface area (Å²) in [6.45, 7) is 6.47. The first-order chi connectivity index (χ1) is 9.08. The van der Waals surface area contributed by atoms with Crippen LogP contribution in [0, 0.1) is 0 Å². The molecule has 0 atom stereocenters. The van der Waals surface area contributed by atoms with Crippen molar-refractivity contribution in [3.63, 3.8) is 0 Å². The molecule has 2 aromatic rings. The molecular weight excluding hydrogens is 326 g/mol. The Morgan fingerprint density at radius 1 is 1.53 bits per heavy atom. The first-order valence-electron chi connectivity index (χ1n) is 5.99. The molecule has 0 aliphatic rings. The Morgan fingerprint density at radius 2 is 2.26 bits per heavy atom. The summed E-state index contributed by atoms with van der Waals surface area (Å²) in [6, 6.07) is 5.59.